The summed E-state index contributed by atoms with van der Waals surface area (Å²) in [5.74, 6) is -0.364. The number of benzene rings is 1. The fraction of sp³-hybridized carbons (Fsp3) is 0.357. The summed E-state index contributed by atoms with van der Waals surface area (Å²) in [6.07, 6.45) is -3.25. The summed E-state index contributed by atoms with van der Waals surface area (Å²) >= 11 is 0. The van der Waals surface area contributed by atoms with E-state index in [4.69, 9.17) is 0 Å². The van der Waals surface area contributed by atoms with Gasteiger partial charge in [-0.1, -0.05) is 30.3 Å². The van der Waals surface area contributed by atoms with Crippen LogP contribution in [-0.2, 0) is 4.79 Å². The lowest BCUT2D eigenvalue weighted by Gasteiger charge is -2.24. The maximum absolute atomic E-state index is 12.3. The molecular formula is C14H13F3O. The standard InChI is InChI=1S/C14H13F3O/c15-14(16,17)9-12-8-11(6-7-13(12)18)10-4-2-1-3-5-10/h1-5,9,11H,6-8H2/b12-9+. The van der Waals surface area contributed by atoms with E-state index in [1.54, 1.807) is 0 Å². The van der Waals surface area contributed by atoms with Crippen molar-refractivity contribution in [2.24, 2.45) is 0 Å². The van der Waals surface area contributed by atoms with E-state index < -0.39 is 6.18 Å². The molecule has 0 N–H and O–H groups in total. The Balaban J connectivity index is 2.20. The van der Waals surface area contributed by atoms with Crippen LogP contribution in [0.2, 0.25) is 0 Å². The highest BCUT2D eigenvalue weighted by Crippen LogP contribution is 2.35. The highest BCUT2D eigenvalue weighted by molar-refractivity contribution is 5.96. The van der Waals surface area contributed by atoms with Crippen LogP contribution in [-0.4, -0.2) is 12.0 Å². The van der Waals surface area contributed by atoms with Crippen molar-refractivity contribution in [3.05, 3.63) is 47.5 Å². The summed E-state index contributed by atoms with van der Waals surface area (Å²) in [4.78, 5) is 11.5. The van der Waals surface area contributed by atoms with E-state index in [2.05, 4.69) is 0 Å². The average Bonchev–Trinajstić information content (AvgIpc) is 2.31. The van der Waals surface area contributed by atoms with Gasteiger partial charge in [0.2, 0.25) is 0 Å². The Morgan fingerprint density at radius 3 is 2.44 bits per heavy atom. The van der Waals surface area contributed by atoms with Crippen molar-refractivity contribution in [3.8, 4) is 0 Å². The molecule has 0 aromatic heterocycles. The molecule has 0 heterocycles. The minimum Gasteiger partial charge on any atom is -0.295 e. The Labute approximate surface area is 103 Å². The van der Waals surface area contributed by atoms with Crippen molar-refractivity contribution >= 4 is 5.78 Å². The van der Waals surface area contributed by atoms with E-state index in [0.29, 0.717) is 6.42 Å². The second kappa shape index (κ2) is 4.96. The predicted molar refractivity (Wildman–Crippen MR) is 62.2 cm³/mol. The fourth-order valence-electron chi connectivity index (χ4n) is 2.29. The third-order valence-corrected chi connectivity index (χ3v) is 3.15. The van der Waals surface area contributed by atoms with Gasteiger partial charge in [0.1, 0.15) is 0 Å². The lowest BCUT2D eigenvalue weighted by Crippen LogP contribution is -2.18. The first kappa shape index (κ1) is 12.9. The number of hydrogen-bond acceptors (Lipinski definition) is 1. The molecule has 0 aliphatic heterocycles. The minimum atomic E-state index is -4.41. The van der Waals surface area contributed by atoms with Crippen LogP contribution in [0, 0.1) is 0 Å². The molecule has 1 aliphatic carbocycles. The van der Waals surface area contributed by atoms with E-state index in [-0.39, 0.29) is 36.2 Å². The van der Waals surface area contributed by atoms with Crippen molar-refractivity contribution in [1.29, 1.82) is 0 Å². The molecule has 1 unspecified atom stereocenters. The molecule has 0 amide bonds. The van der Waals surface area contributed by atoms with Gasteiger partial charge in [-0.3, -0.25) is 4.79 Å². The van der Waals surface area contributed by atoms with Crippen LogP contribution >= 0.6 is 0 Å². The number of carbonyl (C=O) groups is 1. The van der Waals surface area contributed by atoms with E-state index >= 15 is 0 Å². The molecule has 0 saturated heterocycles. The summed E-state index contributed by atoms with van der Waals surface area (Å²) in [5.41, 5.74) is 0.903. The van der Waals surface area contributed by atoms with Gasteiger partial charge in [-0.2, -0.15) is 13.2 Å². The van der Waals surface area contributed by atoms with Crippen molar-refractivity contribution in [2.45, 2.75) is 31.4 Å². The molecule has 1 nitrogen and oxygen atoms in total. The van der Waals surface area contributed by atoms with Crippen LogP contribution in [0.4, 0.5) is 13.2 Å². The Hall–Kier alpha value is -1.58. The molecule has 1 aromatic carbocycles. The molecule has 4 heteroatoms. The summed E-state index contributed by atoms with van der Waals surface area (Å²) in [6.45, 7) is 0. The number of rotatable bonds is 1. The second-order valence-electron chi connectivity index (χ2n) is 4.48. The number of alkyl halides is 3. The van der Waals surface area contributed by atoms with E-state index in [1.807, 2.05) is 30.3 Å². The van der Waals surface area contributed by atoms with Crippen LogP contribution in [0.1, 0.15) is 30.7 Å². The highest BCUT2D eigenvalue weighted by Gasteiger charge is 2.31. The third kappa shape index (κ3) is 3.22. The second-order valence-corrected chi connectivity index (χ2v) is 4.48. The van der Waals surface area contributed by atoms with E-state index in [1.165, 1.54) is 0 Å². The Bertz CT molecular complexity index is 460. The van der Waals surface area contributed by atoms with Crippen LogP contribution in [0.15, 0.2) is 42.0 Å². The lowest BCUT2D eigenvalue weighted by atomic mass is 9.80. The maximum atomic E-state index is 12.3. The Morgan fingerprint density at radius 2 is 1.83 bits per heavy atom. The van der Waals surface area contributed by atoms with Gasteiger partial charge in [0, 0.05) is 18.1 Å². The van der Waals surface area contributed by atoms with Crippen molar-refractivity contribution in [2.75, 3.05) is 0 Å². The summed E-state index contributed by atoms with van der Waals surface area (Å²) in [7, 11) is 0. The van der Waals surface area contributed by atoms with Gasteiger partial charge in [0.25, 0.3) is 0 Å². The van der Waals surface area contributed by atoms with Gasteiger partial charge < -0.3 is 0 Å². The molecule has 96 valence electrons. The quantitative estimate of drug-likeness (QED) is 0.692. The molecule has 0 radical (unpaired) electrons. The topological polar surface area (TPSA) is 17.1 Å². The monoisotopic (exact) mass is 254 g/mol. The molecule has 1 fully saturated rings. The maximum Gasteiger partial charge on any atom is 0.410 e. The van der Waals surface area contributed by atoms with Gasteiger partial charge in [0.05, 0.1) is 0 Å². The van der Waals surface area contributed by atoms with Crippen LogP contribution in [0.25, 0.3) is 0 Å². The number of halogens is 3. The number of ketones is 1. The number of carbonyl (C=O) groups excluding carboxylic acids is 1. The first-order valence-corrected chi connectivity index (χ1v) is 5.82. The van der Waals surface area contributed by atoms with Crippen LogP contribution < -0.4 is 0 Å². The zero-order chi connectivity index (χ0) is 13.2. The molecule has 0 spiro atoms. The van der Waals surface area contributed by atoms with Gasteiger partial charge in [-0.15, -0.1) is 0 Å². The van der Waals surface area contributed by atoms with Crippen LogP contribution in [0.5, 0.6) is 0 Å². The van der Waals surface area contributed by atoms with Crippen molar-refractivity contribution in [1.82, 2.24) is 0 Å². The molecule has 1 aliphatic rings. The Kier molecular flexibility index (Phi) is 3.55. The first-order chi connectivity index (χ1) is 8.46. The summed E-state index contributed by atoms with van der Waals surface area (Å²) < 4.78 is 36.9. The zero-order valence-electron chi connectivity index (χ0n) is 9.70. The molecular weight excluding hydrogens is 241 g/mol. The normalized spacial score (nSPS) is 23.4. The third-order valence-electron chi connectivity index (χ3n) is 3.15. The van der Waals surface area contributed by atoms with Gasteiger partial charge in [-0.05, 0) is 24.3 Å². The fourth-order valence-corrected chi connectivity index (χ4v) is 2.29. The van der Waals surface area contributed by atoms with Crippen LogP contribution in [0.3, 0.4) is 0 Å². The number of hydrogen-bond donors (Lipinski definition) is 0. The van der Waals surface area contributed by atoms with Gasteiger partial charge in [0.15, 0.2) is 5.78 Å². The van der Waals surface area contributed by atoms with E-state index in [0.717, 1.165) is 5.56 Å². The predicted octanol–water partition coefficient (Wildman–Crippen LogP) is 4.01. The smallest absolute Gasteiger partial charge is 0.295 e. The van der Waals surface area contributed by atoms with Crippen molar-refractivity contribution < 1.29 is 18.0 Å². The molecule has 2 rings (SSSR count). The molecule has 0 bridgehead atoms. The van der Waals surface area contributed by atoms with E-state index in [9.17, 15) is 18.0 Å². The molecule has 18 heavy (non-hydrogen) atoms. The van der Waals surface area contributed by atoms with Gasteiger partial charge in [-0.25, -0.2) is 0 Å². The van der Waals surface area contributed by atoms with Crippen molar-refractivity contribution in [3.63, 3.8) is 0 Å². The summed E-state index contributed by atoms with van der Waals surface area (Å²) in [6, 6.07) is 9.37. The molecule has 1 atom stereocenters. The molecule has 1 aromatic rings. The lowest BCUT2D eigenvalue weighted by molar-refractivity contribution is -0.117. The number of Topliss-reactive ketones (excluding diaryl/α,β-unsaturated/α-hetero) is 1. The first-order valence-electron chi connectivity index (χ1n) is 5.82. The Morgan fingerprint density at radius 1 is 1.17 bits per heavy atom. The minimum absolute atomic E-state index is 0.0116. The number of allylic oxidation sites excluding steroid dienone is 2. The largest absolute Gasteiger partial charge is 0.410 e. The van der Waals surface area contributed by atoms with Gasteiger partial charge >= 0.3 is 6.18 Å². The SMILES string of the molecule is O=C1CCC(c2ccccc2)C/C1=C\C(F)(F)F. The molecule has 1 saturated carbocycles. The highest BCUT2D eigenvalue weighted by atomic mass is 19.4. The average molecular weight is 254 g/mol. The summed E-state index contributed by atoms with van der Waals surface area (Å²) in [5, 5.41) is 0. The zero-order valence-corrected chi connectivity index (χ0v) is 9.70.